The molecule has 0 aromatic carbocycles. The first-order valence-corrected chi connectivity index (χ1v) is 7.01. The lowest BCUT2D eigenvalue weighted by Gasteiger charge is -2.20. The van der Waals surface area contributed by atoms with Crippen molar-refractivity contribution in [3.05, 3.63) is 0 Å². The van der Waals surface area contributed by atoms with Gasteiger partial charge in [0.25, 0.3) is 0 Å². The Morgan fingerprint density at radius 3 is 2.47 bits per heavy atom. The van der Waals surface area contributed by atoms with Crippen LogP contribution in [0.4, 0.5) is 8.78 Å². The number of hydrogen-bond acceptors (Lipinski definition) is 1. The summed E-state index contributed by atoms with van der Waals surface area (Å²) in [5, 5.41) is 3.44. The number of nitrogens with one attached hydrogen (secondary N) is 1. The minimum atomic E-state index is -2.38. The summed E-state index contributed by atoms with van der Waals surface area (Å²) in [6.45, 7) is 8.54. The molecular formula is C14H27F2N. The van der Waals surface area contributed by atoms with E-state index >= 15 is 0 Å². The monoisotopic (exact) mass is 247 g/mol. The Morgan fingerprint density at radius 1 is 1.29 bits per heavy atom. The molecule has 1 aliphatic carbocycles. The van der Waals surface area contributed by atoms with Gasteiger partial charge in [0.2, 0.25) is 5.92 Å². The fourth-order valence-electron chi connectivity index (χ4n) is 2.68. The largest absolute Gasteiger partial charge is 0.316 e. The predicted molar refractivity (Wildman–Crippen MR) is 68.4 cm³/mol. The van der Waals surface area contributed by atoms with E-state index in [1.54, 1.807) is 0 Å². The minimum absolute atomic E-state index is 0.105. The second-order valence-electron chi connectivity index (χ2n) is 6.03. The molecule has 2 atom stereocenters. The van der Waals surface area contributed by atoms with Crippen LogP contribution in [0.3, 0.4) is 0 Å². The highest BCUT2D eigenvalue weighted by Gasteiger charge is 2.39. The Labute approximate surface area is 104 Å². The molecule has 0 bridgehead atoms. The number of rotatable bonds is 7. The predicted octanol–water partition coefficient (Wildman–Crippen LogP) is 4.08. The van der Waals surface area contributed by atoms with Gasteiger partial charge in [0.1, 0.15) is 0 Å². The summed E-state index contributed by atoms with van der Waals surface area (Å²) in [4.78, 5) is 0. The molecule has 0 spiro atoms. The quantitative estimate of drug-likeness (QED) is 0.714. The molecule has 0 amide bonds. The van der Waals surface area contributed by atoms with E-state index in [0.717, 1.165) is 25.9 Å². The molecule has 102 valence electrons. The van der Waals surface area contributed by atoms with Crippen molar-refractivity contribution in [1.82, 2.24) is 5.32 Å². The van der Waals surface area contributed by atoms with Gasteiger partial charge in [-0.05, 0) is 43.7 Å². The van der Waals surface area contributed by atoms with Crippen molar-refractivity contribution < 1.29 is 8.78 Å². The van der Waals surface area contributed by atoms with Gasteiger partial charge in [0.15, 0.2) is 0 Å². The van der Waals surface area contributed by atoms with Crippen LogP contribution in [0.5, 0.6) is 0 Å². The third kappa shape index (κ3) is 5.80. The Kier molecular flexibility index (Phi) is 5.84. The van der Waals surface area contributed by atoms with E-state index in [1.165, 1.54) is 0 Å². The van der Waals surface area contributed by atoms with Crippen LogP contribution >= 0.6 is 0 Å². The van der Waals surface area contributed by atoms with Crippen molar-refractivity contribution in [1.29, 1.82) is 0 Å². The van der Waals surface area contributed by atoms with Crippen LogP contribution in [0.1, 0.15) is 52.9 Å². The smallest absolute Gasteiger partial charge is 0.248 e. The van der Waals surface area contributed by atoms with Crippen LogP contribution in [0, 0.1) is 17.8 Å². The molecule has 2 unspecified atom stereocenters. The fraction of sp³-hybridized carbons (Fsp3) is 1.00. The zero-order valence-corrected chi connectivity index (χ0v) is 11.4. The van der Waals surface area contributed by atoms with E-state index in [2.05, 4.69) is 26.1 Å². The van der Waals surface area contributed by atoms with Crippen molar-refractivity contribution in [2.24, 2.45) is 17.8 Å². The van der Waals surface area contributed by atoms with Crippen molar-refractivity contribution in [2.75, 3.05) is 13.1 Å². The lowest BCUT2D eigenvalue weighted by Crippen LogP contribution is -2.27. The zero-order chi connectivity index (χ0) is 12.9. The Morgan fingerprint density at radius 2 is 2.00 bits per heavy atom. The lowest BCUT2D eigenvalue weighted by molar-refractivity contribution is 0.00402. The van der Waals surface area contributed by atoms with E-state index in [-0.39, 0.29) is 18.8 Å². The fourth-order valence-corrected chi connectivity index (χ4v) is 2.68. The molecule has 0 radical (unpaired) electrons. The lowest BCUT2D eigenvalue weighted by atomic mass is 9.91. The average Bonchev–Trinajstić information content (AvgIpc) is 2.56. The highest BCUT2D eigenvalue weighted by Crippen LogP contribution is 2.41. The van der Waals surface area contributed by atoms with Crippen molar-refractivity contribution in [2.45, 2.75) is 58.8 Å². The van der Waals surface area contributed by atoms with Crippen molar-refractivity contribution in [3.8, 4) is 0 Å². The van der Waals surface area contributed by atoms with Gasteiger partial charge in [-0.3, -0.25) is 0 Å². The molecule has 0 aromatic heterocycles. The van der Waals surface area contributed by atoms with Crippen molar-refractivity contribution >= 4 is 0 Å². The summed E-state index contributed by atoms with van der Waals surface area (Å²) >= 11 is 0. The molecule has 1 rings (SSSR count). The number of hydrogen-bond donors (Lipinski definition) is 1. The Balaban J connectivity index is 2.23. The summed E-state index contributed by atoms with van der Waals surface area (Å²) in [6.07, 6.45) is 3.00. The molecule has 0 saturated heterocycles. The zero-order valence-electron chi connectivity index (χ0n) is 11.4. The van der Waals surface area contributed by atoms with Crippen LogP contribution in [-0.4, -0.2) is 19.0 Å². The third-order valence-corrected chi connectivity index (χ3v) is 3.74. The molecule has 17 heavy (non-hydrogen) atoms. The Bertz CT molecular complexity index is 216. The van der Waals surface area contributed by atoms with Crippen molar-refractivity contribution in [3.63, 3.8) is 0 Å². The molecule has 0 heterocycles. The SMILES string of the molecule is CCC(CNCC(C)C)CC1CCC(F)(F)C1. The van der Waals surface area contributed by atoms with Crippen LogP contribution in [-0.2, 0) is 0 Å². The second kappa shape index (κ2) is 6.67. The van der Waals surface area contributed by atoms with Crippen LogP contribution in [0.25, 0.3) is 0 Å². The minimum Gasteiger partial charge on any atom is -0.316 e. The van der Waals surface area contributed by atoms with Crippen LogP contribution < -0.4 is 5.32 Å². The van der Waals surface area contributed by atoms with E-state index in [0.29, 0.717) is 18.3 Å². The molecule has 1 nitrogen and oxygen atoms in total. The summed E-state index contributed by atoms with van der Waals surface area (Å²) in [7, 11) is 0. The molecular weight excluding hydrogens is 220 g/mol. The maximum atomic E-state index is 13.1. The van der Waals surface area contributed by atoms with E-state index in [4.69, 9.17) is 0 Å². The highest BCUT2D eigenvalue weighted by molar-refractivity contribution is 4.83. The van der Waals surface area contributed by atoms with Crippen LogP contribution in [0.15, 0.2) is 0 Å². The highest BCUT2D eigenvalue weighted by atomic mass is 19.3. The molecule has 0 aromatic rings. The third-order valence-electron chi connectivity index (χ3n) is 3.74. The van der Waals surface area contributed by atoms with Gasteiger partial charge < -0.3 is 5.32 Å². The first kappa shape index (κ1) is 14.9. The van der Waals surface area contributed by atoms with Gasteiger partial charge >= 0.3 is 0 Å². The molecule has 1 N–H and O–H groups in total. The van der Waals surface area contributed by atoms with E-state index in [9.17, 15) is 8.78 Å². The first-order valence-electron chi connectivity index (χ1n) is 7.01. The first-order chi connectivity index (χ1) is 7.93. The summed E-state index contributed by atoms with van der Waals surface area (Å²) < 4.78 is 26.2. The maximum absolute atomic E-state index is 13.1. The molecule has 3 heteroatoms. The molecule has 1 fully saturated rings. The molecule has 0 aliphatic heterocycles. The maximum Gasteiger partial charge on any atom is 0.248 e. The van der Waals surface area contributed by atoms with E-state index in [1.807, 2.05) is 0 Å². The molecule has 1 aliphatic rings. The van der Waals surface area contributed by atoms with Gasteiger partial charge in [-0.25, -0.2) is 8.78 Å². The van der Waals surface area contributed by atoms with Gasteiger partial charge in [0.05, 0.1) is 0 Å². The standard InChI is InChI=1S/C14H27F2N/c1-4-12(10-17-9-11(2)3)7-13-5-6-14(15,16)8-13/h11-13,17H,4-10H2,1-3H3. The summed E-state index contributed by atoms with van der Waals surface area (Å²) in [5.74, 6) is -0.916. The Hall–Kier alpha value is -0.180. The summed E-state index contributed by atoms with van der Waals surface area (Å²) in [5.41, 5.74) is 0. The van der Waals surface area contributed by atoms with Gasteiger partial charge in [0, 0.05) is 12.8 Å². The number of alkyl halides is 2. The topological polar surface area (TPSA) is 12.0 Å². The average molecular weight is 247 g/mol. The van der Waals surface area contributed by atoms with Gasteiger partial charge in [-0.15, -0.1) is 0 Å². The summed E-state index contributed by atoms with van der Waals surface area (Å²) in [6, 6.07) is 0. The second-order valence-corrected chi connectivity index (χ2v) is 6.03. The van der Waals surface area contributed by atoms with Gasteiger partial charge in [-0.2, -0.15) is 0 Å². The van der Waals surface area contributed by atoms with Gasteiger partial charge in [-0.1, -0.05) is 27.2 Å². The number of halogens is 2. The molecule has 1 saturated carbocycles. The van der Waals surface area contributed by atoms with Crippen LogP contribution in [0.2, 0.25) is 0 Å². The normalized spacial score (nSPS) is 25.4. The van der Waals surface area contributed by atoms with E-state index < -0.39 is 5.92 Å².